The summed E-state index contributed by atoms with van der Waals surface area (Å²) >= 11 is 0. The summed E-state index contributed by atoms with van der Waals surface area (Å²) in [5.74, 6) is 0.614. The molecule has 1 unspecified atom stereocenters. The van der Waals surface area contributed by atoms with Gasteiger partial charge in [0, 0.05) is 26.2 Å². The van der Waals surface area contributed by atoms with Crippen molar-refractivity contribution in [2.45, 2.75) is 13.3 Å². The van der Waals surface area contributed by atoms with Crippen molar-refractivity contribution in [2.24, 2.45) is 11.7 Å². The predicted octanol–water partition coefficient (Wildman–Crippen LogP) is 0.304. The largest absolute Gasteiger partial charge is 0.380 e. The molecule has 1 heterocycles. The van der Waals surface area contributed by atoms with Crippen molar-refractivity contribution in [3.05, 3.63) is 0 Å². The molecule has 1 saturated heterocycles. The lowest BCUT2D eigenvalue weighted by Gasteiger charge is -2.22. The van der Waals surface area contributed by atoms with Gasteiger partial charge in [0.05, 0.1) is 6.61 Å². The van der Waals surface area contributed by atoms with Crippen LogP contribution in [0.5, 0.6) is 0 Å². The molecule has 0 aromatic carbocycles. The standard InChI is InChI=1S/C9H20N2O/c1-9(7-10)8-11-3-2-5-12-6-4-11/h9H,2-8,10H2,1H3. The van der Waals surface area contributed by atoms with Gasteiger partial charge >= 0.3 is 0 Å². The maximum absolute atomic E-state index is 5.57. The first-order valence-corrected chi connectivity index (χ1v) is 4.83. The maximum Gasteiger partial charge on any atom is 0.0593 e. The van der Waals surface area contributed by atoms with Crippen molar-refractivity contribution in [1.82, 2.24) is 4.90 Å². The molecule has 0 bridgehead atoms. The lowest BCUT2D eigenvalue weighted by atomic mass is 10.1. The molecular formula is C9H20N2O. The summed E-state index contributed by atoms with van der Waals surface area (Å²) in [6, 6.07) is 0. The van der Waals surface area contributed by atoms with Crippen LogP contribution in [0.4, 0.5) is 0 Å². The summed E-state index contributed by atoms with van der Waals surface area (Å²) < 4.78 is 5.37. The van der Waals surface area contributed by atoms with E-state index in [1.54, 1.807) is 0 Å². The zero-order chi connectivity index (χ0) is 8.81. The Balaban J connectivity index is 2.20. The van der Waals surface area contributed by atoms with Gasteiger partial charge in [-0.2, -0.15) is 0 Å². The van der Waals surface area contributed by atoms with Crippen LogP contribution < -0.4 is 5.73 Å². The van der Waals surface area contributed by atoms with Gasteiger partial charge < -0.3 is 15.4 Å². The van der Waals surface area contributed by atoms with E-state index in [-0.39, 0.29) is 0 Å². The van der Waals surface area contributed by atoms with Gasteiger partial charge in [0.2, 0.25) is 0 Å². The Kier molecular flexibility index (Phi) is 4.58. The Morgan fingerprint density at radius 2 is 2.25 bits per heavy atom. The SMILES string of the molecule is CC(CN)CN1CCCOCC1. The topological polar surface area (TPSA) is 38.5 Å². The third kappa shape index (κ3) is 3.52. The van der Waals surface area contributed by atoms with Crippen LogP contribution in [-0.2, 0) is 4.74 Å². The van der Waals surface area contributed by atoms with Crippen LogP contribution in [0.2, 0.25) is 0 Å². The van der Waals surface area contributed by atoms with E-state index < -0.39 is 0 Å². The van der Waals surface area contributed by atoms with Crippen molar-refractivity contribution >= 4 is 0 Å². The maximum atomic E-state index is 5.57. The first-order valence-electron chi connectivity index (χ1n) is 4.83. The molecule has 0 aromatic rings. The van der Waals surface area contributed by atoms with Crippen LogP contribution in [-0.4, -0.2) is 44.3 Å². The number of hydrogen-bond acceptors (Lipinski definition) is 3. The van der Waals surface area contributed by atoms with Crippen molar-refractivity contribution in [3.63, 3.8) is 0 Å². The van der Waals surface area contributed by atoms with Crippen molar-refractivity contribution in [2.75, 3.05) is 39.4 Å². The average molecular weight is 172 g/mol. The van der Waals surface area contributed by atoms with Gasteiger partial charge in [-0.3, -0.25) is 0 Å². The number of hydrogen-bond donors (Lipinski definition) is 1. The van der Waals surface area contributed by atoms with Crippen molar-refractivity contribution in [1.29, 1.82) is 0 Å². The molecule has 1 aliphatic heterocycles. The minimum atomic E-state index is 0.614. The summed E-state index contributed by atoms with van der Waals surface area (Å²) in [5, 5.41) is 0. The quantitative estimate of drug-likeness (QED) is 0.665. The van der Waals surface area contributed by atoms with Gasteiger partial charge in [-0.1, -0.05) is 6.92 Å². The molecule has 0 spiro atoms. The predicted molar refractivity (Wildman–Crippen MR) is 50.1 cm³/mol. The number of nitrogens with zero attached hydrogens (tertiary/aromatic N) is 1. The summed E-state index contributed by atoms with van der Waals surface area (Å²) in [6.45, 7) is 8.17. The van der Waals surface area contributed by atoms with Crippen molar-refractivity contribution < 1.29 is 4.74 Å². The highest BCUT2D eigenvalue weighted by Crippen LogP contribution is 2.02. The lowest BCUT2D eigenvalue weighted by molar-refractivity contribution is 0.139. The van der Waals surface area contributed by atoms with Gasteiger partial charge in [0.1, 0.15) is 0 Å². The molecule has 12 heavy (non-hydrogen) atoms. The molecule has 0 aliphatic carbocycles. The highest BCUT2D eigenvalue weighted by atomic mass is 16.5. The van der Waals surface area contributed by atoms with E-state index in [1.165, 1.54) is 6.54 Å². The third-order valence-electron chi connectivity index (χ3n) is 2.29. The van der Waals surface area contributed by atoms with Crippen molar-refractivity contribution in [3.8, 4) is 0 Å². The number of nitrogens with two attached hydrogens (primary N) is 1. The normalized spacial score (nSPS) is 23.5. The van der Waals surface area contributed by atoms with E-state index >= 15 is 0 Å². The zero-order valence-electron chi connectivity index (χ0n) is 7.96. The molecule has 3 nitrogen and oxygen atoms in total. The Morgan fingerprint density at radius 1 is 1.42 bits per heavy atom. The second kappa shape index (κ2) is 5.51. The van der Waals surface area contributed by atoms with Crippen LogP contribution in [0, 0.1) is 5.92 Å². The van der Waals surface area contributed by atoms with Crippen LogP contribution in [0.25, 0.3) is 0 Å². The first kappa shape index (κ1) is 9.96. The molecule has 0 saturated carbocycles. The molecule has 1 fully saturated rings. The monoisotopic (exact) mass is 172 g/mol. The molecular weight excluding hydrogens is 152 g/mol. The fourth-order valence-corrected chi connectivity index (χ4v) is 1.50. The fourth-order valence-electron chi connectivity index (χ4n) is 1.50. The lowest BCUT2D eigenvalue weighted by Crippen LogP contribution is -2.33. The van der Waals surface area contributed by atoms with Gasteiger partial charge in [-0.15, -0.1) is 0 Å². The molecule has 3 heteroatoms. The van der Waals surface area contributed by atoms with E-state index in [4.69, 9.17) is 10.5 Å². The van der Waals surface area contributed by atoms with Crippen LogP contribution in [0.3, 0.4) is 0 Å². The van der Waals surface area contributed by atoms with E-state index in [9.17, 15) is 0 Å². The average Bonchev–Trinajstić information content (AvgIpc) is 2.33. The second-order valence-corrected chi connectivity index (χ2v) is 3.61. The van der Waals surface area contributed by atoms with Gasteiger partial charge in [0.15, 0.2) is 0 Å². The summed E-state index contributed by atoms with van der Waals surface area (Å²) in [6.07, 6.45) is 1.16. The van der Waals surface area contributed by atoms with Gasteiger partial charge in [-0.05, 0) is 18.9 Å². The van der Waals surface area contributed by atoms with E-state index in [2.05, 4.69) is 11.8 Å². The number of ether oxygens (including phenoxy) is 1. The minimum absolute atomic E-state index is 0.614. The zero-order valence-corrected chi connectivity index (χ0v) is 7.96. The first-order chi connectivity index (χ1) is 5.83. The molecule has 1 atom stereocenters. The fraction of sp³-hybridized carbons (Fsp3) is 1.00. The van der Waals surface area contributed by atoms with E-state index in [0.717, 1.165) is 39.3 Å². The molecule has 1 aliphatic rings. The van der Waals surface area contributed by atoms with E-state index in [1.807, 2.05) is 0 Å². The van der Waals surface area contributed by atoms with Gasteiger partial charge in [0.25, 0.3) is 0 Å². The number of rotatable bonds is 3. The summed E-state index contributed by atoms with van der Waals surface area (Å²) in [5.41, 5.74) is 5.57. The second-order valence-electron chi connectivity index (χ2n) is 3.61. The smallest absolute Gasteiger partial charge is 0.0593 e. The molecule has 72 valence electrons. The molecule has 0 radical (unpaired) electrons. The highest BCUT2D eigenvalue weighted by Gasteiger charge is 2.11. The summed E-state index contributed by atoms with van der Waals surface area (Å²) in [7, 11) is 0. The Labute approximate surface area is 74.9 Å². The minimum Gasteiger partial charge on any atom is -0.380 e. The van der Waals surface area contributed by atoms with Crippen LogP contribution in [0.15, 0.2) is 0 Å². The highest BCUT2D eigenvalue weighted by molar-refractivity contribution is 4.65. The van der Waals surface area contributed by atoms with Gasteiger partial charge in [-0.25, -0.2) is 0 Å². The molecule has 1 rings (SSSR count). The Bertz CT molecular complexity index is 111. The van der Waals surface area contributed by atoms with E-state index in [0.29, 0.717) is 5.92 Å². The Morgan fingerprint density at radius 3 is 3.00 bits per heavy atom. The summed E-state index contributed by atoms with van der Waals surface area (Å²) in [4.78, 5) is 2.45. The molecule has 0 amide bonds. The third-order valence-corrected chi connectivity index (χ3v) is 2.29. The van der Waals surface area contributed by atoms with Crippen LogP contribution >= 0.6 is 0 Å². The molecule has 0 aromatic heterocycles. The van der Waals surface area contributed by atoms with Crippen LogP contribution in [0.1, 0.15) is 13.3 Å². The molecule has 2 N–H and O–H groups in total. The Hall–Kier alpha value is -0.120.